The number of ketones is 1. The van der Waals surface area contributed by atoms with Crippen LogP contribution in [0, 0.1) is 16.7 Å². The van der Waals surface area contributed by atoms with Crippen molar-refractivity contribution in [2.75, 3.05) is 6.61 Å². The van der Waals surface area contributed by atoms with Crippen molar-refractivity contribution in [2.45, 2.75) is 121 Å². The maximum absolute atomic E-state index is 14.9. The minimum atomic E-state index is -2.36. The zero-order chi connectivity index (χ0) is 31.8. The highest BCUT2D eigenvalue weighted by Gasteiger charge is 2.76. The number of aliphatic hydroxyl groups excluding tert-OH is 2. The van der Waals surface area contributed by atoms with E-state index in [1.54, 1.807) is 58.0 Å². The molecule has 4 N–H and O–H groups in total. The smallest absolute Gasteiger partial charge is 0.338 e. The lowest BCUT2D eigenvalue weighted by atomic mass is 9.45. The molecule has 9 atom stereocenters. The second-order valence-corrected chi connectivity index (χ2v) is 18.7. The third kappa shape index (κ3) is 4.46. The van der Waals surface area contributed by atoms with Crippen molar-refractivity contribution >= 4 is 20.1 Å². The molecule has 1 aromatic rings. The first-order valence-electron chi connectivity index (χ1n) is 15.7. The Morgan fingerprint density at radius 2 is 1.65 bits per heavy atom. The molecule has 3 fully saturated rings. The van der Waals surface area contributed by atoms with E-state index in [1.807, 2.05) is 0 Å². The molecular weight excluding hydrogens is 568 g/mol. The Labute approximate surface area is 255 Å². The van der Waals surface area contributed by atoms with Crippen molar-refractivity contribution in [3.8, 4) is 0 Å². The minimum Gasteiger partial charge on any atom is -0.455 e. The average molecular weight is 617 g/mol. The van der Waals surface area contributed by atoms with Gasteiger partial charge in [0.05, 0.1) is 35.9 Å². The van der Waals surface area contributed by atoms with Crippen molar-refractivity contribution in [2.24, 2.45) is 16.7 Å². The molecule has 1 saturated heterocycles. The molecule has 1 unspecified atom stereocenters. The highest BCUT2D eigenvalue weighted by molar-refractivity contribution is 6.73. The first-order valence-corrected chi connectivity index (χ1v) is 18.2. The molecule has 43 heavy (non-hydrogen) atoms. The Hall–Kier alpha value is -1.92. The SMILES string of the molecule is CC[Si](CC)(CC)O[C@H]1C[C@H]2OC[C@@]2(O)[C@H]2C(OC(=O)c3ccccc3)[C@]3(O)C[C@H](O)C(C)=C([C@@H](O)C(=O)[C@]12C)C3(C)C. The summed E-state index contributed by atoms with van der Waals surface area (Å²) in [6.07, 6.45) is -5.85. The van der Waals surface area contributed by atoms with Crippen LogP contribution in [0.4, 0.5) is 0 Å². The number of Topliss-reactive ketones (excluding diaryl/α,β-unsaturated/α-hetero) is 1. The van der Waals surface area contributed by atoms with Crippen molar-refractivity contribution in [3.63, 3.8) is 0 Å². The van der Waals surface area contributed by atoms with Crippen LogP contribution in [0.25, 0.3) is 0 Å². The van der Waals surface area contributed by atoms with Crippen LogP contribution in [0.2, 0.25) is 18.1 Å². The predicted octanol–water partition coefficient (Wildman–Crippen LogP) is 3.54. The van der Waals surface area contributed by atoms with E-state index in [0.29, 0.717) is 5.57 Å². The topological polar surface area (TPSA) is 143 Å². The maximum Gasteiger partial charge on any atom is 0.338 e. The molecule has 3 aliphatic carbocycles. The second-order valence-electron chi connectivity index (χ2n) is 14.0. The molecular formula is C33H48O9Si. The summed E-state index contributed by atoms with van der Waals surface area (Å²) >= 11 is 0. The van der Waals surface area contributed by atoms with Crippen LogP contribution >= 0.6 is 0 Å². The number of hydrogen-bond acceptors (Lipinski definition) is 9. The Morgan fingerprint density at radius 1 is 1.05 bits per heavy atom. The third-order valence-corrected chi connectivity index (χ3v) is 16.6. The highest BCUT2D eigenvalue weighted by atomic mass is 28.4. The third-order valence-electron chi connectivity index (χ3n) is 11.9. The first-order chi connectivity index (χ1) is 20.1. The van der Waals surface area contributed by atoms with Crippen LogP contribution < -0.4 is 0 Å². The summed E-state index contributed by atoms with van der Waals surface area (Å²) in [6.45, 7) is 12.9. The molecule has 5 rings (SSSR count). The lowest BCUT2D eigenvalue weighted by Gasteiger charge is -2.67. The van der Waals surface area contributed by atoms with Crippen LogP contribution in [-0.2, 0) is 18.7 Å². The predicted molar refractivity (Wildman–Crippen MR) is 162 cm³/mol. The number of benzene rings is 1. The lowest BCUT2D eigenvalue weighted by molar-refractivity contribution is -0.342. The van der Waals surface area contributed by atoms with Crippen molar-refractivity contribution < 1.29 is 43.9 Å². The molecule has 0 spiro atoms. The number of rotatable bonds is 7. The summed E-state index contributed by atoms with van der Waals surface area (Å²) in [4.78, 5) is 28.7. The molecule has 1 heterocycles. The Bertz CT molecular complexity index is 1280. The molecule has 0 radical (unpaired) electrons. The van der Waals surface area contributed by atoms with Crippen molar-refractivity contribution in [3.05, 3.63) is 47.0 Å². The summed E-state index contributed by atoms with van der Waals surface area (Å²) in [7, 11) is -2.36. The average Bonchev–Trinajstić information content (AvgIpc) is 2.98. The van der Waals surface area contributed by atoms with Crippen LogP contribution in [0.1, 0.15) is 71.7 Å². The molecule has 1 aromatic carbocycles. The van der Waals surface area contributed by atoms with Gasteiger partial charge in [-0.2, -0.15) is 0 Å². The van der Waals surface area contributed by atoms with E-state index in [1.165, 1.54) is 0 Å². The standard InChI is InChI=1S/C33H48O9Si/c1-8-43(9-2,10-3)42-22-16-23-32(38,18-40-23)26-28(41-29(37)20-14-12-11-13-15-20)33(39)17-21(34)19(4)24(30(33,5)6)25(35)27(36)31(22,26)7/h11-15,21-23,25-26,28,34-35,38-39H,8-10,16-18H2,1-7H3/t21-,22-,23+,25+,26-,28?,31+,32-,33+/m0/s1. The van der Waals surface area contributed by atoms with E-state index in [4.69, 9.17) is 13.9 Å². The van der Waals surface area contributed by atoms with E-state index in [9.17, 15) is 30.0 Å². The van der Waals surface area contributed by atoms with Gasteiger partial charge in [0.2, 0.25) is 0 Å². The van der Waals surface area contributed by atoms with Crippen LogP contribution in [0.15, 0.2) is 41.5 Å². The van der Waals surface area contributed by atoms with Gasteiger partial charge in [-0.3, -0.25) is 4.79 Å². The molecule has 0 amide bonds. The zero-order valence-electron chi connectivity index (χ0n) is 26.4. The molecule has 10 heteroatoms. The lowest BCUT2D eigenvalue weighted by Crippen LogP contribution is -2.81. The molecule has 2 saturated carbocycles. The Morgan fingerprint density at radius 3 is 2.19 bits per heavy atom. The van der Waals surface area contributed by atoms with Crippen molar-refractivity contribution in [1.29, 1.82) is 0 Å². The molecule has 1 aliphatic heterocycles. The van der Waals surface area contributed by atoms with Gasteiger partial charge in [0.1, 0.15) is 23.4 Å². The summed E-state index contributed by atoms with van der Waals surface area (Å²) < 4.78 is 19.2. The van der Waals surface area contributed by atoms with E-state index < -0.39 is 78.5 Å². The van der Waals surface area contributed by atoms with Gasteiger partial charge in [-0.15, -0.1) is 0 Å². The largest absolute Gasteiger partial charge is 0.455 e. The number of hydrogen-bond donors (Lipinski definition) is 4. The summed E-state index contributed by atoms with van der Waals surface area (Å²) in [5.74, 6) is -2.51. The van der Waals surface area contributed by atoms with Gasteiger partial charge < -0.3 is 34.3 Å². The Balaban J connectivity index is 1.79. The number of esters is 1. The number of ether oxygens (including phenoxy) is 2. The second kappa shape index (κ2) is 10.9. The van der Waals surface area contributed by atoms with Gasteiger partial charge in [0.25, 0.3) is 0 Å². The fourth-order valence-corrected chi connectivity index (χ4v) is 11.7. The van der Waals surface area contributed by atoms with E-state index in [2.05, 4.69) is 20.8 Å². The molecule has 0 aromatic heterocycles. The van der Waals surface area contributed by atoms with Gasteiger partial charge in [-0.1, -0.05) is 52.8 Å². The fourth-order valence-electron chi connectivity index (χ4n) is 8.72. The summed E-state index contributed by atoms with van der Waals surface area (Å²) in [5, 5.41) is 48.4. The summed E-state index contributed by atoms with van der Waals surface area (Å²) in [5.41, 5.74) is -5.69. The van der Waals surface area contributed by atoms with Gasteiger partial charge in [0.15, 0.2) is 14.1 Å². The Kier molecular flexibility index (Phi) is 8.20. The van der Waals surface area contributed by atoms with E-state index >= 15 is 0 Å². The minimum absolute atomic E-state index is 0.133. The zero-order valence-corrected chi connectivity index (χ0v) is 27.4. The number of aliphatic hydroxyl groups is 4. The molecule has 9 nitrogen and oxygen atoms in total. The van der Waals surface area contributed by atoms with E-state index in [0.717, 1.165) is 18.1 Å². The van der Waals surface area contributed by atoms with Crippen molar-refractivity contribution in [1.82, 2.24) is 0 Å². The normalized spacial score (nSPS) is 40.5. The number of carbonyl (C=O) groups excluding carboxylic acids is 2. The fraction of sp³-hybridized carbons (Fsp3) is 0.697. The van der Waals surface area contributed by atoms with Gasteiger partial charge in [-0.05, 0) is 55.3 Å². The number of carbonyl (C=O) groups is 2. The molecule has 238 valence electrons. The number of fused-ring (bicyclic) bond motifs is 5. The summed E-state index contributed by atoms with van der Waals surface area (Å²) in [6, 6.07) is 10.8. The van der Waals surface area contributed by atoms with Crippen LogP contribution in [0.5, 0.6) is 0 Å². The van der Waals surface area contributed by atoms with E-state index in [-0.39, 0.29) is 30.6 Å². The van der Waals surface area contributed by atoms with Gasteiger partial charge in [0, 0.05) is 24.2 Å². The first kappa shape index (κ1) is 32.5. The maximum atomic E-state index is 14.9. The van der Waals surface area contributed by atoms with Crippen LogP contribution in [0.3, 0.4) is 0 Å². The van der Waals surface area contributed by atoms with Crippen LogP contribution in [-0.4, -0.2) is 88.8 Å². The van der Waals surface area contributed by atoms with Gasteiger partial charge >= 0.3 is 5.97 Å². The molecule has 4 aliphatic rings. The quantitative estimate of drug-likeness (QED) is 0.206. The monoisotopic (exact) mass is 616 g/mol. The highest BCUT2D eigenvalue weighted by Crippen LogP contribution is 2.63. The molecule has 2 bridgehead atoms. The van der Waals surface area contributed by atoms with Gasteiger partial charge in [-0.25, -0.2) is 4.79 Å².